The monoisotopic (exact) mass is 333 g/mol. The number of aromatic nitrogens is 4. The van der Waals surface area contributed by atoms with Crippen molar-refractivity contribution >= 4 is 11.6 Å². The second-order valence-corrected chi connectivity index (χ2v) is 6.43. The number of nitrogens with zero attached hydrogens (tertiary/aromatic N) is 4. The van der Waals surface area contributed by atoms with Gasteiger partial charge < -0.3 is 9.73 Å². The number of allylic oxidation sites excluding steroid dienone is 1. The quantitative estimate of drug-likeness (QED) is 0.785. The Morgan fingerprint density at radius 3 is 2.84 bits per heavy atom. The van der Waals surface area contributed by atoms with Gasteiger partial charge in [-0.15, -0.1) is 5.10 Å². The van der Waals surface area contributed by atoms with Crippen LogP contribution in [-0.4, -0.2) is 26.2 Å². The second kappa shape index (κ2) is 6.12. The highest BCUT2D eigenvalue weighted by Gasteiger charge is 2.20. The third-order valence-corrected chi connectivity index (χ3v) is 4.05. The molecule has 2 aromatic heterocycles. The summed E-state index contributed by atoms with van der Waals surface area (Å²) in [5.74, 6) is 1.26. The molecule has 1 N–H and O–H groups in total. The maximum Gasteiger partial charge on any atom is 0.315 e. The molecule has 1 aromatic carbocycles. The molecule has 0 bridgehead atoms. The normalized spacial score (nSPS) is 13.0. The molecule has 6 nitrogen and oxygen atoms in total. The van der Waals surface area contributed by atoms with Crippen molar-refractivity contribution < 1.29 is 4.42 Å². The summed E-state index contributed by atoms with van der Waals surface area (Å²) >= 11 is 0. The first-order valence-electron chi connectivity index (χ1n) is 8.34. The van der Waals surface area contributed by atoms with Gasteiger partial charge in [-0.05, 0) is 56.5 Å². The summed E-state index contributed by atoms with van der Waals surface area (Å²) < 4.78 is 5.72. The van der Waals surface area contributed by atoms with Gasteiger partial charge in [-0.2, -0.15) is 0 Å². The Bertz CT molecular complexity index is 958. The summed E-state index contributed by atoms with van der Waals surface area (Å²) in [5, 5.41) is 11.3. The molecule has 0 amide bonds. The number of hydrogen-bond donors (Lipinski definition) is 1. The fraction of sp³-hybridized carbons (Fsp3) is 0.263. The van der Waals surface area contributed by atoms with Crippen LogP contribution < -0.4 is 5.32 Å². The lowest BCUT2D eigenvalue weighted by Gasteiger charge is -2.07. The number of benzene rings is 1. The molecule has 2 heterocycles. The molecule has 0 radical (unpaired) electrons. The van der Waals surface area contributed by atoms with Crippen LogP contribution in [0.25, 0.3) is 17.0 Å². The van der Waals surface area contributed by atoms with Gasteiger partial charge in [0.15, 0.2) is 5.82 Å². The van der Waals surface area contributed by atoms with Gasteiger partial charge >= 0.3 is 6.01 Å². The molecule has 1 aliphatic rings. The maximum absolute atomic E-state index is 5.72. The van der Waals surface area contributed by atoms with Gasteiger partial charge in [0.2, 0.25) is 5.89 Å². The minimum Gasteiger partial charge on any atom is -0.403 e. The van der Waals surface area contributed by atoms with E-state index in [1.807, 2.05) is 32.9 Å². The van der Waals surface area contributed by atoms with Crippen LogP contribution in [0.5, 0.6) is 0 Å². The lowest BCUT2D eigenvalue weighted by Crippen LogP contribution is -2.09. The van der Waals surface area contributed by atoms with Crippen molar-refractivity contribution in [2.24, 2.45) is 0 Å². The zero-order valence-electron chi connectivity index (χ0n) is 14.4. The standard InChI is InChI=1S/C19H19N5O/c1-11(2)21-19-24-23-18(25-19)14-5-4-13-6-7-15(16(13)10-14)17-20-9-8-12(3)22-17/h4-5,7-11H,6H2,1-3H3,(H,21,24). The molecule has 6 heteroatoms. The number of fused-ring (bicyclic) bond motifs is 1. The van der Waals surface area contributed by atoms with Crippen LogP contribution in [0.15, 0.2) is 41.0 Å². The summed E-state index contributed by atoms with van der Waals surface area (Å²) in [5.41, 5.74) is 5.28. The molecule has 25 heavy (non-hydrogen) atoms. The minimum absolute atomic E-state index is 0.237. The van der Waals surface area contributed by atoms with E-state index in [0.717, 1.165) is 34.6 Å². The van der Waals surface area contributed by atoms with Crippen molar-refractivity contribution in [1.82, 2.24) is 20.2 Å². The van der Waals surface area contributed by atoms with Gasteiger partial charge in [-0.1, -0.05) is 17.2 Å². The summed E-state index contributed by atoms with van der Waals surface area (Å²) in [7, 11) is 0. The van der Waals surface area contributed by atoms with Gasteiger partial charge in [0.25, 0.3) is 0 Å². The lowest BCUT2D eigenvalue weighted by atomic mass is 10.0. The molecule has 0 saturated carbocycles. The van der Waals surface area contributed by atoms with Crippen LogP contribution >= 0.6 is 0 Å². The highest BCUT2D eigenvalue weighted by molar-refractivity contribution is 5.83. The van der Waals surface area contributed by atoms with E-state index >= 15 is 0 Å². The van der Waals surface area contributed by atoms with E-state index in [-0.39, 0.29) is 6.04 Å². The molecule has 0 atom stereocenters. The Morgan fingerprint density at radius 1 is 1.16 bits per heavy atom. The zero-order chi connectivity index (χ0) is 17.4. The average Bonchev–Trinajstić information content (AvgIpc) is 3.20. The summed E-state index contributed by atoms with van der Waals surface area (Å²) in [6.45, 7) is 6.02. The van der Waals surface area contributed by atoms with Gasteiger partial charge in [0, 0.05) is 29.1 Å². The minimum atomic E-state index is 0.237. The Labute approximate surface area is 146 Å². The van der Waals surface area contributed by atoms with Crippen LogP contribution in [0.2, 0.25) is 0 Å². The summed E-state index contributed by atoms with van der Waals surface area (Å²) in [4.78, 5) is 8.97. The number of anilines is 1. The largest absolute Gasteiger partial charge is 0.403 e. The predicted molar refractivity (Wildman–Crippen MR) is 96.0 cm³/mol. The number of hydrogen-bond acceptors (Lipinski definition) is 6. The summed E-state index contributed by atoms with van der Waals surface area (Å²) in [6, 6.07) is 8.76. The average molecular weight is 333 g/mol. The van der Waals surface area contributed by atoms with Crippen LogP contribution in [-0.2, 0) is 6.42 Å². The van der Waals surface area contributed by atoms with E-state index in [2.05, 4.69) is 43.7 Å². The van der Waals surface area contributed by atoms with Gasteiger partial charge in [0.05, 0.1) is 0 Å². The maximum atomic E-state index is 5.72. The molecule has 0 aliphatic heterocycles. The fourth-order valence-electron chi connectivity index (χ4n) is 2.90. The smallest absolute Gasteiger partial charge is 0.315 e. The highest BCUT2D eigenvalue weighted by Crippen LogP contribution is 2.34. The Hall–Kier alpha value is -3.02. The fourth-order valence-corrected chi connectivity index (χ4v) is 2.90. The van der Waals surface area contributed by atoms with Crippen LogP contribution in [0.3, 0.4) is 0 Å². The summed E-state index contributed by atoms with van der Waals surface area (Å²) in [6.07, 6.45) is 4.84. The molecule has 0 fully saturated rings. The molecule has 0 saturated heterocycles. The predicted octanol–water partition coefficient (Wildman–Crippen LogP) is 3.64. The second-order valence-electron chi connectivity index (χ2n) is 6.43. The molecule has 0 unspecified atom stereocenters. The number of aryl methyl sites for hydroxylation is 1. The van der Waals surface area contributed by atoms with Gasteiger partial charge in [0.1, 0.15) is 0 Å². The van der Waals surface area contributed by atoms with Crippen molar-refractivity contribution in [1.29, 1.82) is 0 Å². The first-order chi connectivity index (χ1) is 12.1. The van der Waals surface area contributed by atoms with Crippen molar-refractivity contribution in [3.05, 3.63) is 59.2 Å². The van der Waals surface area contributed by atoms with Crippen molar-refractivity contribution in [3.63, 3.8) is 0 Å². The first-order valence-corrected chi connectivity index (χ1v) is 8.34. The number of rotatable bonds is 4. The Balaban J connectivity index is 1.69. The third kappa shape index (κ3) is 3.03. The van der Waals surface area contributed by atoms with E-state index in [1.54, 1.807) is 6.20 Å². The molecule has 126 valence electrons. The first kappa shape index (κ1) is 15.5. The van der Waals surface area contributed by atoms with Gasteiger partial charge in [-0.25, -0.2) is 9.97 Å². The lowest BCUT2D eigenvalue weighted by molar-refractivity contribution is 0.574. The molecular formula is C19H19N5O. The van der Waals surface area contributed by atoms with Crippen molar-refractivity contribution in [2.45, 2.75) is 33.2 Å². The molecule has 1 aliphatic carbocycles. The molecular weight excluding hydrogens is 314 g/mol. The van der Waals surface area contributed by atoms with Crippen LogP contribution in [0.1, 0.15) is 36.5 Å². The van der Waals surface area contributed by atoms with E-state index in [4.69, 9.17) is 4.42 Å². The SMILES string of the molecule is Cc1ccnc(C2=CCc3ccc(-c4nnc(NC(C)C)o4)cc32)n1. The Morgan fingerprint density at radius 2 is 2.04 bits per heavy atom. The van der Waals surface area contributed by atoms with Crippen molar-refractivity contribution in [3.8, 4) is 11.5 Å². The van der Waals surface area contributed by atoms with Crippen molar-refractivity contribution in [2.75, 3.05) is 5.32 Å². The van der Waals surface area contributed by atoms with Crippen LogP contribution in [0.4, 0.5) is 6.01 Å². The number of nitrogens with one attached hydrogen (secondary N) is 1. The Kier molecular flexibility index (Phi) is 3.80. The van der Waals surface area contributed by atoms with Gasteiger partial charge in [-0.3, -0.25) is 0 Å². The third-order valence-electron chi connectivity index (χ3n) is 4.05. The van der Waals surface area contributed by atoms with Crippen LogP contribution in [0, 0.1) is 6.92 Å². The molecule has 4 rings (SSSR count). The van der Waals surface area contributed by atoms with E-state index < -0.39 is 0 Å². The van der Waals surface area contributed by atoms with E-state index in [0.29, 0.717) is 11.9 Å². The zero-order valence-corrected chi connectivity index (χ0v) is 14.4. The topological polar surface area (TPSA) is 76.7 Å². The molecule has 3 aromatic rings. The molecule has 0 spiro atoms. The van der Waals surface area contributed by atoms with E-state index in [1.165, 1.54) is 5.56 Å². The highest BCUT2D eigenvalue weighted by atomic mass is 16.4. The van der Waals surface area contributed by atoms with E-state index in [9.17, 15) is 0 Å².